The summed E-state index contributed by atoms with van der Waals surface area (Å²) in [7, 11) is 0. The van der Waals surface area contributed by atoms with Crippen LogP contribution in [0, 0.1) is 0 Å². The summed E-state index contributed by atoms with van der Waals surface area (Å²) in [6, 6.07) is 8.04. The molecule has 0 aliphatic rings. The van der Waals surface area contributed by atoms with E-state index in [4.69, 9.17) is 9.84 Å². The number of carboxylic acids is 1. The number of amides is 2. The summed E-state index contributed by atoms with van der Waals surface area (Å²) in [5.41, 5.74) is 0.806. The average molecular weight is 308 g/mol. The molecule has 1 unspecified atom stereocenters. The molecule has 0 aliphatic heterocycles. The van der Waals surface area contributed by atoms with Crippen LogP contribution in [0.3, 0.4) is 0 Å². The number of hydrogen-bond acceptors (Lipinski definition) is 4. The van der Waals surface area contributed by atoms with Crippen LogP contribution in [-0.4, -0.2) is 47.1 Å². The molecule has 0 saturated carbocycles. The Kier molecular flexibility index (Phi) is 6.88. The van der Waals surface area contributed by atoms with Crippen LogP contribution in [0.2, 0.25) is 0 Å². The van der Waals surface area contributed by atoms with E-state index >= 15 is 0 Å². The van der Waals surface area contributed by atoms with Crippen molar-refractivity contribution in [2.45, 2.75) is 26.5 Å². The zero-order chi connectivity index (χ0) is 16.5. The number of carbonyl (C=O) groups is 3. The van der Waals surface area contributed by atoms with Gasteiger partial charge in [0.25, 0.3) is 0 Å². The first-order valence-electron chi connectivity index (χ1n) is 6.86. The van der Waals surface area contributed by atoms with E-state index in [1.807, 2.05) is 18.2 Å². The highest BCUT2D eigenvalue weighted by Gasteiger charge is 2.26. The van der Waals surface area contributed by atoms with Crippen molar-refractivity contribution in [2.75, 3.05) is 13.1 Å². The fraction of sp³-hybridized carbons (Fsp3) is 0.400. The second-order valence-electron chi connectivity index (χ2n) is 4.73. The second kappa shape index (κ2) is 8.66. The van der Waals surface area contributed by atoms with E-state index in [2.05, 4.69) is 5.32 Å². The fourth-order valence-electron chi connectivity index (χ4n) is 1.73. The highest BCUT2D eigenvalue weighted by Crippen LogP contribution is 2.06. The highest BCUT2D eigenvalue weighted by molar-refractivity contribution is 5.79. The van der Waals surface area contributed by atoms with E-state index < -0.39 is 18.1 Å². The maximum absolute atomic E-state index is 12.1. The van der Waals surface area contributed by atoms with Gasteiger partial charge in [-0.05, 0) is 12.5 Å². The largest absolute Gasteiger partial charge is 0.480 e. The van der Waals surface area contributed by atoms with Crippen LogP contribution in [0.5, 0.6) is 0 Å². The predicted molar refractivity (Wildman–Crippen MR) is 79.1 cm³/mol. The number of ether oxygens (including phenoxy) is 1. The van der Waals surface area contributed by atoms with Crippen LogP contribution in [-0.2, 0) is 20.9 Å². The lowest BCUT2D eigenvalue weighted by Gasteiger charge is -2.25. The highest BCUT2D eigenvalue weighted by atomic mass is 16.6. The zero-order valence-electron chi connectivity index (χ0n) is 12.6. The van der Waals surface area contributed by atoms with E-state index in [1.165, 1.54) is 13.8 Å². The first kappa shape index (κ1) is 17.5. The van der Waals surface area contributed by atoms with Crippen molar-refractivity contribution in [2.24, 2.45) is 0 Å². The van der Waals surface area contributed by atoms with Crippen LogP contribution in [0.4, 0.5) is 4.79 Å². The Balaban J connectivity index is 2.62. The predicted octanol–water partition coefficient (Wildman–Crippen LogP) is 1.23. The van der Waals surface area contributed by atoms with Gasteiger partial charge in [-0.3, -0.25) is 9.69 Å². The zero-order valence-corrected chi connectivity index (χ0v) is 12.6. The van der Waals surface area contributed by atoms with Crippen LogP contribution in [0.25, 0.3) is 0 Å². The van der Waals surface area contributed by atoms with Gasteiger partial charge in [-0.2, -0.15) is 0 Å². The molecular formula is C15H20N2O5. The number of hydrogen-bond donors (Lipinski definition) is 2. The Bertz CT molecular complexity index is 518. The third-order valence-corrected chi connectivity index (χ3v) is 2.99. The molecule has 0 aliphatic carbocycles. The second-order valence-corrected chi connectivity index (χ2v) is 4.73. The number of carboxylic acid groups (broad SMARTS) is 1. The number of rotatable bonds is 7. The normalized spacial score (nSPS) is 11.4. The van der Waals surface area contributed by atoms with Crippen molar-refractivity contribution in [3.05, 3.63) is 35.9 Å². The van der Waals surface area contributed by atoms with Crippen molar-refractivity contribution >= 4 is 18.0 Å². The molecule has 7 heteroatoms. The lowest BCUT2D eigenvalue weighted by atomic mass is 10.2. The SMILES string of the molecule is CC(=O)NCCN(C(=O)OCc1ccccc1)C(C)C(=O)O. The summed E-state index contributed by atoms with van der Waals surface area (Å²) in [4.78, 5) is 35.1. The topological polar surface area (TPSA) is 95.9 Å². The molecular weight excluding hydrogens is 288 g/mol. The molecule has 1 aromatic rings. The van der Waals surface area contributed by atoms with Gasteiger partial charge in [-0.15, -0.1) is 0 Å². The maximum Gasteiger partial charge on any atom is 0.410 e. The fourth-order valence-corrected chi connectivity index (χ4v) is 1.73. The van der Waals surface area contributed by atoms with Crippen molar-refractivity contribution in [1.82, 2.24) is 10.2 Å². The molecule has 0 spiro atoms. The van der Waals surface area contributed by atoms with Crippen molar-refractivity contribution in [3.63, 3.8) is 0 Å². The molecule has 22 heavy (non-hydrogen) atoms. The number of benzene rings is 1. The van der Waals surface area contributed by atoms with Crippen molar-refractivity contribution in [3.8, 4) is 0 Å². The molecule has 0 fully saturated rings. The van der Waals surface area contributed by atoms with Gasteiger partial charge >= 0.3 is 12.1 Å². The molecule has 2 amide bonds. The van der Waals surface area contributed by atoms with E-state index in [9.17, 15) is 14.4 Å². The van der Waals surface area contributed by atoms with Crippen LogP contribution in [0.15, 0.2) is 30.3 Å². The Morgan fingerprint density at radius 2 is 1.91 bits per heavy atom. The van der Waals surface area contributed by atoms with Gasteiger partial charge in [-0.1, -0.05) is 30.3 Å². The Morgan fingerprint density at radius 3 is 2.45 bits per heavy atom. The Morgan fingerprint density at radius 1 is 1.27 bits per heavy atom. The molecule has 0 saturated heterocycles. The third kappa shape index (κ3) is 5.82. The molecule has 0 radical (unpaired) electrons. The number of carbonyl (C=O) groups excluding carboxylic acids is 2. The minimum Gasteiger partial charge on any atom is -0.480 e. The quantitative estimate of drug-likeness (QED) is 0.790. The molecule has 0 aromatic heterocycles. The number of nitrogens with zero attached hydrogens (tertiary/aromatic N) is 1. The van der Waals surface area contributed by atoms with Crippen molar-refractivity contribution in [1.29, 1.82) is 0 Å². The van der Waals surface area contributed by atoms with E-state index in [0.29, 0.717) is 0 Å². The lowest BCUT2D eigenvalue weighted by Crippen LogP contribution is -2.46. The van der Waals surface area contributed by atoms with Gasteiger partial charge in [-0.25, -0.2) is 9.59 Å². The van der Waals surface area contributed by atoms with E-state index in [-0.39, 0.29) is 25.6 Å². The standard InChI is InChI=1S/C15H20N2O5/c1-11(14(19)20)17(9-8-16-12(2)18)15(21)22-10-13-6-4-3-5-7-13/h3-7,11H,8-10H2,1-2H3,(H,16,18)(H,19,20). The Hall–Kier alpha value is -2.57. The summed E-state index contributed by atoms with van der Waals surface area (Å²) in [6.45, 7) is 3.01. The van der Waals surface area contributed by atoms with Crippen LogP contribution in [0.1, 0.15) is 19.4 Å². The molecule has 0 bridgehead atoms. The Labute approximate surface area is 128 Å². The molecule has 1 aromatic carbocycles. The van der Waals surface area contributed by atoms with E-state index in [0.717, 1.165) is 10.5 Å². The summed E-state index contributed by atoms with van der Waals surface area (Å²) in [6.07, 6.45) is -0.732. The van der Waals surface area contributed by atoms with Gasteiger partial charge in [0.15, 0.2) is 0 Å². The number of nitrogens with one attached hydrogen (secondary N) is 1. The summed E-state index contributed by atoms with van der Waals surface area (Å²) >= 11 is 0. The average Bonchev–Trinajstić information content (AvgIpc) is 2.49. The van der Waals surface area contributed by atoms with Crippen LogP contribution < -0.4 is 5.32 Å². The van der Waals surface area contributed by atoms with Gasteiger partial charge in [0.05, 0.1) is 0 Å². The summed E-state index contributed by atoms with van der Waals surface area (Å²) in [5, 5.41) is 11.6. The summed E-state index contributed by atoms with van der Waals surface area (Å²) < 4.78 is 5.13. The third-order valence-electron chi connectivity index (χ3n) is 2.99. The van der Waals surface area contributed by atoms with Gasteiger partial charge < -0.3 is 15.2 Å². The molecule has 1 rings (SSSR count). The first-order chi connectivity index (χ1) is 10.4. The molecule has 2 N–H and O–H groups in total. The molecule has 7 nitrogen and oxygen atoms in total. The molecule has 1 atom stereocenters. The first-order valence-corrected chi connectivity index (χ1v) is 6.86. The van der Waals surface area contributed by atoms with Gasteiger partial charge in [0.2, 0.25) is 5.91 Å². The maximum atomic E-state index is 12.1. The van der Waals surface area contributed by atoms with Gasteiger partial charge in [0, 0.05) is 20.0 Å². The van der Waals surface area contributed by atoms with Gasteiger partial charge in [0.1, 0.15) is 12.6 Å². The lowest BCUT2D eigenvalue weighted by molar-refractivity contribution is -0.142. The van der Waals surface area contributed by atoms with Crippen molar-refractivity contribution < 1.29 is 24.2 Å². The smallest absolute Gasteiger partial charge is 0.410 e. The summed E-state index contributed by atoms with van der Waals surface area (Å²) in [5.74, 6) is -1.39. The molecule has 0 heterocycles. The number of aliphatic carboxylic acids is 1. The van der Waals surface area contributed by atoms with Crippen LogP contribution >= 0.6 is 0 Å². The minimum absolute atomic E-state index is 0.0562. The minimum atomic E-state index is -1.14. The van der Waals surface area contributed by atoms with E-state index in [1.54, 1.807) is 12.1 Å². The monoisotopic (exact) mass is 308 g/mol. The molecule has 120 valence electrons.